The number of hydrogen-bond acceptors (Lipinski definition) is 7. The molecule has 0 bridgehead atoms. The Balaban J connectivity index is 1.62. The molecule has 2 fully saturated rings. The predicted molar refractivity (Wildman–Crippen MR) is 126 cm³/mol. The minimum absolute atomic E-state index is 0.0289. The van der Waals surface area contributed by atoms with Crippen molar-refractivity contribution in [3.05, 3.63) is 35.6 Å². The number of carbonyl (C=O) groups is 1. The number of nitrogens with zero attached hydrogens (tertiary/aromatic N) is 3. The fourth-order valence-electron chi connectivity index (χ4n) is 4.13. The van der Waals surface area contributed by atoms with Gasteiger partial charge in [0, 0.05) is 25.7 Å². The molecule has 0 spiro atoms. The Kier molecular flexibility index (Phi) is 8.35. The van der Waals surface area contributed by atoms with Crippen molar-refractivity contribution in [2.24, 2.45) is 0 Å². The summed E-state index contributed by atoms with van der Waals surface area (Å²) in [5.74, 6) is 0.137. The van der Waals surface area contributed by atoms with Gasteiger partial charge < -0.3 is 34.4 Å². The van der Waals surface area contributed by atoms with Gasteiger partial charge in [-0.15, -0.1) is 0 Å². The number of aliphatic hydroxyl groups is 1. The number of urea groups is 1. The molecule has 9 nitrogen and oxygen atoms in total. The molecule has 2 saturated heterocycles. The summed E-state index contributed by atoms with van der Waals surface area (Å²) in [6, 6.07) is 5.26. The summed E-state index contributed by atoms with van der Waals surface area (Å²) in [6.45, 7) is 2.77. The Morgan fingerprint density at radius 2 is 1.95 bits per heavy atom. The van der Waals surface area contributed by atoms with Gasteiger partial charge in [0.1, 0.15) is 18.2 Å². The number of rotatable bonds is 6. The molecule has 2 amide bonds. The Hall–Kier alpha value is -3.16. The van der Waals surface area contributed by atoms with E-state index in [1.165, 1.54) is 12.1 Å². The highest BCUT2D eigenvalue weighted by Gasteiger charge is 2.44. The van der Waals surface area contributed by atoms with Gasteiger partial charge in [0.2, 0.25) is 5.88 Å². The first kappa shape index (κ1) is 26.9. The van der Waals surface area contributed by atoms with Gasteiger partial charge in [-0.1, -0.05) is 0 Å². The average Bonchev–Trinajstić information content (AvgIpc) is 2.89. The van der Waals surface area contributed by atoms with E-state index >= 15 is 0 Å². The lowest BCUT2D eigenvalue weighted by molar-refractivity contribution is -0.233. The quantitative estimate of drug-likeness (QED) is 0.556. The van der Waals surface area contributed by atoms with Gasteiger partial charge in [-0.3, -0.25) is 0 Å². The minimum atomic E-state index is -4.61. The van der Waals surface area contributed by atoms with Crippen LogP contribution in [-0.2, 0) is 9.47 Å². The molecular weight excluding hydrogens is 500 g/mol. The summed E-state index contributed by atoms with van der Waals surface area (Å²) in [4.78, 5) is 20.2. The average molecular weight is 529 g/mol. The Labute approximate surface area is 210 Å². The van der Waals surface area contributed by atoms with E-state index in [9.17, 15) is 22.4 Å². The van der Waals surface area contributed by atoms with E-state index in [0.29, 0.717) is 48.8 Å². The second kappa shape index (κ2) is 11.5. The highest BCUT2D eigenvalue weighted by Crippen LogP contribution is 2.34. The van der Waals surface area contributed by atoms with Crippen LogP contribution in [0, 0.1) is 12.7 Å². The van der Waals surface area contributed by atoms with Crippen LogP contribution < -0.4 is 15.0 Å². The lowest BCUT2D eigenvalue weighted by atomic mass is 10.00. The number of benzene rings is 1. The van der Waals surface area contributed by atoms with E-state index in [4.69, 9.17) is 19.3 Å². The Morgan fingerprint density at radius 3 is 2.65 bits per heavy atom. The highest BCUT2D eigenvalue weighted by atomic mass is 19.4. The number of nitrogens with one attached hydrogen (secondary N) is 1. The van der Waals surface area contributed by atoms with Crippen molar-refractivity contribution < 1.29 is 41.7 Å². The van der Waals surface area contributed by atoms with Gasteiger partial charge in [0.05, 0.1) is 38.7 Å². The van der Waals surface area contributed by atoms with Crippen molar-refractivity contribution in [3.63, 3.8) is 0 Å². The maximum absolute atomic E-state index is 14.8. The van der Waals surface area contributed by atoms with Crippen LogP contribution in [0.1, 0.15) is 5.56 Å². The predicted octanol–water partition coefficient (Wildman–Crippen LogP) is 3.20. The van der Waals surface area contributed by atoms with Crippen LogP contribution in [0.3, 0.4) is 0 Å². The summed E-state index contributed by atoms with van der Waals surface area (Å²) in [7, 11) is 0. The SMILES string of the molecule is Cc1cc(F)c(NC(=O)N2CCO[C@H](C(F)(F)F)C2)cc1-c1cc(OCCO)nc(N2CCOCC2)c1. The molecule has 2 aromatic rings. The van der Waals surface area contributed by atoms with Gasteiger partial charge in [-0.25, -0.2) is 9.18 Å². The Morgan fingerprint density at radius 1 is 1.19 bits per heavy atom. The monoisotopic (exact) mass is 528 g/mol. The number of amides is 2. The van der Waals surface area contributed by atoms with Crippen molar-refractivity contribution in [1.29, 1.82) is 0 Å². The van der Waals surface area contributed by atoms with E-state index in [1.54, 1.807) is 19.1 Å². The lowest BCUT2D eigenvalue weighted by Gasteiger charge is -2.33. The van der Waals surface area contributed by atoms with Crippen molar-refractivity contribution in [1.82, 2.24) is 9.88 Å². The number of morpholine rings is 2. The number of pyridine rings is 1. The maximum Gasteiger partial charge on any atom is 0.416 e. The van der Waals surface area contributed by atoms with Crippen LogP contribution in [-0.4, -0.2) is 92.5 Å². The molecule has 2 aliphatic rings. The van der Waals surface area contributed by atoms with Crippen molar-refractivity contribution in [3.8, 4) is 17.0 Å². The van der Waals surface area contributed by atoms with E-state index in [1.807, 2.05) is 4.90 Å². The molecule has 202 valence electrons. The van der Waals surface area contributed by atoms with Crippen LogP contribution in [0.25, 0.3) is 11.1 Å². The van der Waals surface area contributed by atoms with Crippen LogP contribution in [0.4, 0.5) is 33.9 Å². The number of alkyl halides is 3. The van der Waals surface area contributed by atoms with Gasteiger partial charge >= 0.3 is 12.2 Å². The number of hydrogen-bond donors (Lipinski definition) is 2. The van der Waals surface area contributed by atoms with Crippen LogP contribution in [0.15, 0.2) is 24.3 Å². The second-order valence-electron chi connectivity index (χ2n) is 8.65. The number of aryl methyl sites for hydroxylation is 1. The topological polar surface area (TPSA) is 96.4 Å². The van der Waals surface area contributed by atoms with Crippen molar-refractivity contribution >= 4 is 17.5 Å². The zero-order valence-electron chi connectivity index (χ0n) is 20.2. The van der Waals surface area contributed by atoms with Gasteiger partial charge in [-0.2, -0.15) is 18.2 Å². The van der Waals surface area contributed by atoms with Crippen LogP contribution >= 0.6 is 0 Å². The fourth-order valence-corrected chi connectivity index (χ4v) is 4.13. The van der Waals surface area contributed by atoms with E-state index in [-0.39, 0.29) is 37.9 Å². The molecule has 1 atom stereocenters. The summed E-state index contributed by atoms with van der Waals surface area (Å²) >= 11 is 0. The third-order valence-electron chi connectivity index (χ3n) is 6.05. The largest absolute Gasteiger partial charge is 0.475 e. The standard InChI is InChI=1S/C24H28F4N4O5/c1-15-10-18(25)19(29-23(34)32-4-8-36-20(14-32)24(26,27)28)13-17(15)16-11-21(31-2-6-35-7-3-31)30-22(12-16)37-9-5-33/h10-13,20,33H,2-9,14H2,1H3,(H,29,34)/t20-/m0/s1. The van der Waals surface area contributed by atoms with Crippen LogP contribution in [0.2, 0.25) is 0 Å². The minimum Gasteiger partial charge on any atom is -0.475 e. The first-order chi connectivity index (χ1) is 17.7. The molecule has 13 heteroatoms. The highest BCUT2D eigenvalue weighted by molar-refractivity contribution is 5.91. The summed E-state index contributed by atoms with van der Waals surface area (Å²) in [6.07, 6.45) is -6.71. The normalized spacial score (nSPS) is 18.6. The molecule has 37 heavy (non-hydrogen) atoms. The summed E-state index contributed by atoms with van der Waals surface area (Å²) in [5.41, 5.74) is 1.58. The molecule has 4 rings (SSSR count). The molecule has 2 aliphatic heterocycles. The number of aliphatic hydroxyl groups excluding tert-OH is 1. The van der Waals surface area contributed by atoms with Gasteiger partial charge in [-0.05, 0) is 41.8 Å². The number of halogens is 4. The lowest BCUT2D eigenvalue weighted by Crippen LogP contribution is -2.52. The summed E-state index contributed by atoms with van der Waals surface area (Å²) < 4.78 is 69.7. The number of anilines is 2. The first-order valence-electron chi connectivity index (χ1n) is 11.8. The smallest absolute Gasteiger partial charge is 0.416 e. The Bertz CT molecular complexity index is 1110. The molecular formula is C24H28F4N4O5. The molecule has 2 N–H and O–H groups in total. The maximum atomic E-state index is 14.8. The molecule has 3 heterocycles. The van der Waals surface area contributed by atoms with E-state index in [2.05, 4.69) is 10.3 Å². The van der Waals surface area contributed by atoms with Crippen molar-refractivity contribution in [2.75, 3.05) is 69.4 Å². The van der Waals surface area contributed by atoms with E-state index in [0.717, 1.165) is 4.90 Å². The van der Waals surface area contributed by atoms with Gasteiger partial charge in [0.15, 0.2) is 6.10 Å². The fraction of sp³-hybridized carbons (Fsp3) is 0.500. The van der Waals surface area contributed by atoms with Gasteiger partial charge in [0.25, 0.3) is 0 Å². The first-order valence-corrected chi connectivity index (χ1v) is 11.8. The zero-order chi connectivity index (χ0) is 26.6. The molecule has 1 aromatic carbocycles. The summed E-state index contributed by atoms with van der Waals surface area (Å²) in [5, 5.41) is 11.6. The number of ether oxygens (including phenoxy) is 3. The number of aromatic nitrogens is 1. The molecule has 0 aliphatic carbocycles. The van der Waals surface area contributed by atoms with Crippen molar-refractivity contribution in [2.45, 2.75) is 19.2 Å². The van der Waals surface area contributed by atoms with E-state index < -0.39 is 30.7 Å². The molecule has 0 radical (unpaired) electrons. The molecule has 1 aromatic heterocycles. The number of carbonyl (C=O) groups excluding carboxylic acids is 1. The molecule has 0 unspecified atom stereocenters. The third-order valence-corrected chi connectivity index (χ3v) is 6.05. The van der Waals surface area contributed by atoms with Crippen LogP contribution in [0.5, 0.6) is 5.88 Å². The molecule has 0 saturated carbocycles. The second-order valence-corrected chi connectivity index (χ2v) is 8.65. The zero-order valence-corrected chi connectivity index (χ0v) is 20.2. The third kappa shape index (κ3) is 6.59.